The smallest absolute Gasteiger partial charge is 0.416 e. The molecule has 0 spiro atoms. The molecule has 9 heteroatoms. The molecule has 0 atom stereocenters. The molecule has 1 heterocycles. The predicted octanol–water partition coefficient (Wildman–Crippen LogP) is 5.63. The van der Waals surface area contributed by atoms with Crippen molar-refractivity contribution in [2.45, 2.75) is 17.7 Å². The van der Waals surface area contributed by atoms with Gasteiger partial charge in [-0.2, -0.15) is 13.2 Å². The van der Waals surface area contributed by atoms with Crippen LogP contribution in [-0.2, 0) is 22.8 Å². The fourth-order valence-corrected chi connectivity index (χ4v) is 4.12. The van der Waals surface area contributed by atoms with Gasteiger partial charge in [-0.1, -0.05) is 30.3 Å². The minimum absolute atomic E-state index is 0.193. The van der Waals surface area contributed by atoms with Gasteiger partial charge in [0.05, 0.1) is 21.7 Å². The van der Waals surface area contributed by atoms with Crippen LogP contribution in [0.3, 0.4) is 0 Å². The molecule has 4 rings (SSSR count). The maximum absolute atomic E-state index is 12.9. The third kappa shape index (κ3) is 5.00. The molecule has 4 aromatic rings. The van der Waals surface area contributed by atoms with Crippen molar-refractivity contribution in [1.29, 1.82) is 0 Å². The summed E-state index contributed by atoms with van der Waals surface area (Å²) in [6.07, 6.45) is -4.63. The Balaban J connectivity index is 1.43. The number of fused-ring (bicyclic) bond motifs is 1. The number of benzene rings is 3. The zero-order valence-electron chi connectivity index (χ0n) is 16.5. The van der Waals surface area contributed by atoms with Gasteiger partial charge in [-0.05, 0) is 54.6 Å². The normalized spacial score (nSPS) is 12.0. The third-order valence-electron chi connectivity index (χ3n) is 4.62. The number of aromatic nitrogens is 1. The summed E-state index contributed by atoms with van der Waals surface area (Å²) in [5, 5.41) is 1.02. The summed E-state index contributed by atoms with van der Waals surface area (Å²) in [5.41, 5.74) is 0.746. The number of anilines is 1. The molecule has 0 aliphatic carbocycles. The van der Waals surface area contributed by atoms with Crippen molar-refractivity contribution < 1.29 is 26.3 Å². The summed E-state index contributed by atoms with van der Waals surface area (Å²) < 4.78 is 71.5. The second kappa shape index (κ2) is 8.51. The van der Waals surface area contributed by atoms with Crippen LogP contribution in [0, 0.1) is 0 Å². The second-order valence-electron chi connectivity index (χ2n) is 6.94. The Morgan fingerprint density at radius 3 is 2.38 bits per heavy atom. The number of ether oxygens (including phenoxy) is 1. The van der Waals surface area contributed by atoms with Crippen LogP contribution in [0.15, 0.2) is 89.8 Å². The first-order chi connectivity index (χ1) is 15.2. The van der Waals surface area contributed by atoms with Crippen LogP contribution in [0.5, 0.6) is 5.75 Å². The first-order valence-electron chi connectivity index (χ1n) is 9.48. The Morgan fingerprint density at radius 2 is 1.62 bits per heavy atom. The number of para-hydroxylation sites is 1. The van der Waals surface area contributed by atoms with Crippen molar-refractivity contribution in [1.82, 2.24) is 4.98 Å². The lowest BCUT2D eigenvalue weighted by Gasteiger charge is -2.12. The van der Waals surface area contributed by atoms with Gasteiger partial charge in [0.15, 0.2) is 0 Å². The van der Waals surface area contributed by atoms with E-state index < -0.39 is 26.7 Å². The van der Waals surface area contributed by atoms with Crippen LogP contribution >= 0.6 is 0 Å². The van der Waals surface area contributed by atoms with Crippen LogP contribution in [0.1, 0.15) is 11.3 Å². The highest BCUT2D eigenvalue weighted by Crippen LogP contribution is 2.31. The average Bonchev–Trinajstić information content (AvgIpc) is 2.78. The number of nitrogens with one attached hydrogen (secondary N) is 1. The van der Waals surface area contributed by atoms with Crippen molar-refractivity contribution in [2.24, 2.45) is 0 Å². The highest BCUT2D eigenvalue weighted by molar-refractivity contribution is 7.92. The lowest BCUT2D eigenvalue weighted by molar-refractivity contribution is -0.137. The predicted molar refractivity (Wildman–Crippen MR) is 115 cm³/mol. The largest absolute Gasteiger partial charge is 0.487 e. The molecule has 0 bridgehead atoms. The fraction of sp³-hybridized carbons (Fsp3) is 0.0870. The van der Waals surface area contributed by atoms with Crippen molar-refractivity contribution in [2.75, 3.05) is 4.72 Å². The van der Waals surface area contributed by atoms with E-state index in [4.69, 9.17) is 4.74 Å². The Morgan fingerprint density at radius 1 is 0.875 bits per heavy atom. The SMILES string of the molecule is O=S(=O)(Nc1ccc(OCc2ccc3ccccc3n2)cc1)c1cccc(C(F)(F)F)c1. The summed E-state index contributed by atoms with van der Waals surface area (Å²) in [6.45, 7) is 0.222. The molecule has 5 nitrogen and oxygen atoms in total. The van der Waals surface area contributed by atoms with Crippen molar-refractivity contribution >= 4 is 26.6 Å². The average molecular weight is 458 g/mol. The summed E-state index contributed by atoms with van der Waals surface area (Å²) in [6, 6.07) is 21.1. The van der Waals surface area contributed by atoms with Gasteiger partial charge >= 0.3 is 6.18 Å². The lowest BCUT2D eigenvalue weighted by atomic mass is 10.2. The van der Waals surface area contributed by atoms with Gasteiger partial charge in [0.1, 0.15) is 12.4 Å². The minimum Gasteiger partial charge on any atom is -0.487 e. The van der Waals surface area contributed by atoms with Crippen LogP contribution < -0.4 is 9.46 Å². The highest BCUT2D eigenvalue weighted by atomic mass is 32.2. The number of pyridine rings is 1. The standard InChI is InChI=1S/C23H17F3N2O3S/c24-23(25,26)17-5-3-6-21(14-17)32(29,30)28-18-10-12-20(13-11-18)31-15-19-9-8-16-4-1-2-7-22(16)27-19/h1-14,28H,15H2. The molecule has 164 valence electrons. The van der Waals surface area contributed by atoms with Crippen LogP contribution in [0.25, 0.3) is 10.9 Å². The van der Waals surface area contributed by atoms with E-state index in [2.05, 4.69) is 9.71 Å². The van der Waals surface area contributed by atoms with Gasteiger partial charge in [0.25, 0.3) is 10.0 Å². The van der Waals surface area contributed by atoms with E-state index in [0.717, 1.165) is 34.8 Å². The lowest BCUT2D eigenvalue weighted by Crippen LogP contribution is -2.14. The molecule has 1 N–H and O–H groups in total. The van der Waals surface area contributed by atoms with E-state index in [1.54, 1.807) is 12.1 Å². The molecule has 0 aliphatic rings. The molecule has 32 heavy (non-hydrogen) atoms. The van der Waals surface area contributed by atoms with Crippen LogP contribution in [0.4, 0.5) is 18.9 Å². The van der Waals surface area contributed by atoms with Crippen LogP contribution in [0.2, 0.25) is 0 Å². The first-order valence-corrected chi connectivity index (χ1v) is 11.0. The number of rotatable bonds is 6. The number of hydrogen-bond acceptors (Lipinski definition) is 4. The molecule has 3 aromatic carbocycles. The maximum atomic E-state index is 12.9. The molecule has 0 saturated carbocycles. The van der Waals surface area contributed by atoms with Gasteiger partial charge in [0, 0.05) is 11.1 Å². The Bertz CT molecular complexity index is 1360. The molecular formula is C23H17F3N2O3S. The second-order valence-corrected chi connectivity index (χ2v) is 8.62. The monoisotopic (exact) mass is 458 g/mol. The van der Waals surface area contributed by atoms with E-state index in [9.17, 15) is 21.6 Å². The van der Waals surface area contributed by atoms with Crippen molar-refractivity contribution in [3.8, 4) is 5.75 Å². The third-order valence-corrected chi connectivity index (χ3v) is 6.00. The summed E-state index contributed by atoms with van der Waals surface area (Å²) in [5.74, 6) is 0.488. The number of sulfonamides is 1. The Kier molecular flexibility index (Phi) is 5.75. The highest BCUT2D eigenvalue weighted by Gasteiger charge is 2.31. The topological polar surface area (TPSA) is 68.3 Å². The van der Waals surface area contributed by atoms with Crippen LogP contribution in [-0.4, -0.2) is 13.4 Å². The van der Waals surface area contributed by atoms with E-state index in [-0.39, 0.29) is 12.3 Å². The van der Waals surface area contributed by atoms with Gasteiger partial charge in [-0.15, -0.1) is 0 Å². The zero-order chi connectivity index (χ0) is 22.8. The molecule has 0 amide bonds. The molecule has 0 saturated heterocycles. The first kappa shape index (κ1) is 21.6. The van der Waals surface area contributed by atoms with E-state index in [1.165, 1.54) is 12.1 Å². The summed E-state index contributed by atoms with van der Waals surface area (Å²) >= 11 is 0. The molecule has 0 fully saturated rings. The maximum Gasteiger partial charge on any atom is 0.416 e. The molecule has 0 aliphatic heterocycles. The summed E-state index contributed by atoms with van der Waals surface area (Å²) in [4.78, 5) is 4.04. The molecule has 0 radical (unpaired) electrons. The quantitative estimate of drug-likeness (QED) is 0.406. The van der Waals surface area contributed by atoms with Gasteiger partial charge in [-0.3, -0.25) is 4.72 Å². The summed E-state index contributed by atoms with van der Waals surface area (Å²) in [7, 11) is -4.19. The Hall–Kier alpha value is -3.59. The zero-order valence-corrected chi connectivity index (χ0v) is 17.3. The van der Waals surface area contributed by atoms with Gasteiger partial charge in [-0.25, -0.2) is 13.4 Å². The van der Waals surface area contributed by atoms with E-state index in [1.807, 2.05) is 36.4 Å². The van der Waals surface area contributed by atoms with Gasteiger partial charge < -0.3 is 4.74 Å². The number of halogens is 3. The number of hydrogen-bond donors (Lipinski definition) is 1. The van der Waals surface area contributed by atoms with Crippen molar-refractivity contribution in [3.05, 3.63) is 96.2 Å². The van der Waals surface area contributed by atoms with E-state index >= 15 is 0 Å². The Labute approximate surface area is 182 Å². The number of alkyl halides is 3. The van der Waals surface area contributed by atoms with E-state index in [0.29, 0.717) is 11.8 Å². The minimum atomic E-state index is -4.63. The molecule has 1 aromatic heterocycles. The molecular weight excluding hydrogens is 441 g/mol. The fourth-order valence-electron chi connectivity index (χ4n) is 3.02. The van der Waals surface area contributed by atoms with Crippen molar-refractivity contribution in [3.63, 3.8) is 0 Å². The number of nitrogens with zero attached hydrogens (tertiary/aromatic N) is 1. The van der Waals surface area contributed by atoms with Gasteiger partial charge in [0.2, 0.25) is 0 Å². The molecule has 0 unspecified atom stereocenters.